The Morgan fingerprint density at radius 3 is 2.53 bits per heavy atom. The molecule has 0 N–H and O–H groups in total. The fourth-order valence-electron chi connectivity index (χ4n) is 3.87. The van der Waals surface area contributed by atoms with Gasteiger partial charge in [0.05, 0.1) is 23.6 Å². The SMILES string of the molecule is CCOC(=O)c1cccc(-n2c(C)cc(/C=C3\SC(=O)N(Cc4ccc(Br)cc4)C3=O)c2C)c1. The molecule has 0 saturated carbocycles. The molecule has 4 rings (SSSR count). The van der Waals surface area contributed by atoms with Crippen molar-refractivity contribution in [1.82, 2.24) is 9.47 Å². The van der Waals surface area contributed by atoms with Crippen molar-refractivity contribution in [2.24, 2.45) is 0 Å². The Morgan fingerprint density at radius 1 is 1.09 bits per heavy atom. The number of imide groups is 1. The largest absolute Gasteiger partial charge is 0.462 e. The summed E-state index contributed by atoms with van der Waals surface area (Å²) in [5.74, 6) is -0.668. The molecule has 0 radical (unpaired) electrons. The third-order valence-electron chi connectivity index (χ3n) is 5.50. The summed E-state index contributed by atoms with van der Waals surface area (Å²) in [7, 11) is 0. The van der Waals surface area contributed by atoms with Crippen molar-refractivity contribution in [3.05, 3.63) is 92.1 Å². The van der Waals surface area contributed by atoms with Crippen LogP contribution in [0.4, 0.5) is 4.79 Å². The maximum Gasteiger partial charge on any atom is 0.338 e. The zero-order valence-corrected chi connectivity index (χ0v) is 21.4. The molecule has 1 aromatic heterocycles. The summed E-state index contributed by atoms with van der Waals surface area (Å²) in [5, 5.41) is -0.282. The molecule has 1 aliphatic rings. The van der Waals surface area contributed by atoms with E-state index in [-0.39, 0.29) is 23.7 Å². The molecule has 0 unspecified atom stereocenters. The summed E-state index contributed by atoms with van der Waals surface area (Å²) in [5.41, 5.74) is 4.86. The number of hydrogen-bond donors (Lipinski definition) is 0. The van der Waals surface area contributed by atoms with Gasteiger partial charge < -0.3 is 9.30 Å². The molecule has 174 valence electrons. The molecule has 2 amide bonds. The van der Waals surface area contributed by atoms with E-state index in [0.717, 1.165) is 44.4 Å². The first-order valence-corrected chi connectivity index (χ1v) is 12.4. The van der Waals surface area contributed by atoms with Crippen LogP contribution in [0.5, 0.6) is 0 Å². The van der Waals surface area contributed by atoms with Gasteiger partial charge in [0.15, 0.2) is 0 Å². The number of rotatable bonds is 6. The molecule has 8 heteroatoms. The fourth-order valence-corrected chi connectivity index (χ4v) is 4.96. The molecular weight excluding hydrogens is 516 g/mol. The van der Waals surface area contributed by atoms with Gasteiger partial charge in [0, 0.05) is 21.5 Å². The van der Waals surface area contributed by atoms with Crippen LogP contribution in [0.3, 0.4) is 0 Å². The molecule has 0 bridgehead atoms. The van der Waals surface area contributed by atoms with Gasteiger partial charge in [0.1, 0.15) is 0 Å². The maximum absolute atomic E-state index is 13.0. The van der Waals surface area contributed by atoms with Crippen molar-refractivity contribution in [1.29, 1.82) is 0 Å². The van der Waals surface area contributed by atoms with E-state index in [1.165, 1.54) is 4.90 Å². The lowest BCUT2D eigenvalue weighted by Gasteiger charge is -2.12. The summed E-state index contributed by atoms with van der Waals surface area (Å²) >= 11 is 4.34. The van der Waals surface area contributed by atoms with Crippen LogP contribution in [-0.4, -0.2) is 33.2 Å². The van der Waals surface area contributed by atoms with Crippen LogP contribution < -0.4 is 0 Å². The summed E-state index contributed by atoms with van der Waals surface area (Å²) in [6, 6.07) is 16.7. The van der Waals surface area contributed by atoms with Gasteiger partial charge in [-0.25, -0.2) is 4.79 Å². The van der Waals surface area contributed by atoms with Gasteiger partial charge in [0.2, 0.25) is 0 Å². The zero-order chi connectivity index (χ0) is 24.4. The number of halogens is 1. The van der Waals surface area contributed by atoms with E-state index >= 15 is 0 Å². The van der Waals surface area contributed by atoms with Crippen molar-refractivity contribution in [3.8, 4) is 5.69 Å². The summed E-state index contributed by atoms with van der Waals surface area (Å²) in [4.78, 5) is 39.4. The Bertz CT molecular complexity index is 1310. The molecule has 34 heavy (non-hydrogen) atoms. The highest BCUT2D eigenvalue weighted by molar-refractivity contribution is 9.10. The lowest BCUT2D eigenvalue weighted by molar-refractivity contribution is -0.123. The second-order valence-electron chi connectivity index (χ2n) is 7.83. The summed E-state index contributed by atoms with van der Waals surface area (Å²) in [6.45, 7) is 6.22. The highest BCUT2D eigenvalue weighted by atomic mass is 79.9. The van der Waals surface area contributed by atoms with E-state index in [2.05, 4.69) is 15.9 Å². The second-order valence-corrected chi connectivity index (χ2v) is 9.74. The van der Waals surface area contributed by atoms with Crippen molar-refractivity contribution >= 4 is 50.9 Å². The molecule has 2 heterocycles. The number of nitrogens with zero attached hydrogens (tertiary/aromatic N) is 2. The van der Waals surface area contributed by atoms with Crippen LogP contribution in [-0.2, 0) is 16.1 Å². The highest BCUT2D eigenvalue weighted by Gasteiger charge is 2.35. The third-order valence-corrected chi connectivity index (χ3v) is 6.94. The van der Waals surface area contributed by atoms with Crippen molar-refractivity contribution in [2.45, 2.75) is 27.3 Å². The van der Waals surface area contributed by atoms with Crippen LogP contribution in [0.25, 0.3) is 11.8 Å². The molecule has 1 saturated heterocycles. The molecule has 0 spiro atoms. The monoisotopic (exact) mass is 538 g/mol. The predicted molar refractivity (Wildman–Crippen MR) is 137 cm³/mol. The Labute approximate surface area is 210 Å². The van der Waals surface area contributed by atoms with Crippen LogP contribution in [0, 0.1) is 13.8 Å². The van der Waals surface area contributed by atoms with Crippen molar-refractivity contribution < 1.29 is 19.1 Å². The lowest BCUT2D eigenvalue weighted by atomic mass is 10.2. The third kappa shape index (κ3) is 4.88. The van der Waals surface area contributed by atoms with Crippen molar-refractivity contribution in [3.63, 3.8) is 0 Å². The van der Waals surface area contributed by atoms with Gasteiger partial charge in [-0.3, -0.25) is 14.5 Å². The molecular formula is C26H23BrN2O4S. The minimum Gasteiger partial charge on any atom is -0.462 e. The summed E-state index contributed by atoms with van der Waals surface area (Å²) in [6.07, 6.45) is 1.76. The van der Waals surface area contributed by atoms with Gasteiger partial charge in [0.25, 0.3) is 11.1 Å². The van der Waals surface area contributed by atoms with Gasteiger partial charge in [-0.1, -0.05) is 34.1 Å². The standard InChI is InChI=1S/C26H23BrN2O4S/c1-4-33-25(31)19-6-5-7-22(13-19)29-16(2)12-20(17(29)3)14-23-24(30)28(26(32)34-23)15-18-8-10-21(27)11-9-18/h5-14H,4,15H2,1-3H3/b23-14-. The number of aromatic nitrogens is 1. The van der Waals surface area contributed by atoms with Crippen molar-refractivity contribution in [2.75, 3.05) is 6.61 Å². The number of carbonyl (C=O) groups is 3. The zero-order valence-electron chi connectivity index (χ0n) is 19.0. The first-order valence-electron chi connectivity index (χ1n) is 10.7. The van der Waals surface area contributed by atoms with E-state index in [4.69, 9.17) is 4.74 Å². The average Bonchev–Trinajstić information content (AvgIpc) is 3.24. The van der Waals surface area contributed by atoms with Gasteiger partial charge in [-0.2, -0.15) is 0 Å². The first-order chi connectivity index (χ1) is 16.3. The fraction of sp³-hybridized carbons (Fsp3) is 0.192. The average molecular weight is 539 g/mol. The quantitative estimate of drug-likeness (QED) is 0.273. The number of carbonyl (C=O) groups excluding carboxylic acids is 3. The number of hydrogen-bond acceptors (Lipinski definition) is 5. The molecule has 1 aliphatic heterocycles. The van der Waals surface area contributed by atoms with Crippen LogP contribution in [0.1, 0.15) is 39.8 Å². The Hall–Kier alpha value is -3.10. The number of aryl methyl sites for hydroxylation is 1. The topological polar surface area (TPSA) is 68.6 Å². The summed E-state index contributed by atoms with van der Waals surface area (Å²) < 4.78 is 8.07. The molecule has 1 fully saturated rings. The Morgan fingerprint density at radius 2 is 1.82 bits per heavy atom. The first kappa shape index (κ1) is 24.0. The Balaban J connectivity index is 1.61. The number of benzene rings is 2. The van der Waals surface area contributed by atoms with E-state index in [1.807, 2.05) is 60.9 Å². The highest BCUT2D eigenvalue weighted by Crippen LogP contribution is 2.35. The molecule has 2 aromatic carbocycles. The smallest absolute Gasteiger partial charge is 0.338 e. The second kappa shape index (κ2) is 10.0. The Kier molecular flexibility index (Phi) is 7.09. The van der Waals surface area contributed by atoms with E-state index in [0.29, 0.717) is 17.1 Å². The van der Waals surface area contributed by atoms with Crippen LogP contribution in [0.15, 0.2) is 64.0 Å². The van der Waals surface area contributed by atoms with E-state index < -0.39 is 0 Å². The minimum absolute atomic E-state index is 0.231. The predicted octanol–water partition coefficient (Wildman–Crippen LogP) is 6.27. The van der Waals surface area contributed by atoms with Crippen LogP contribution in [0.2, 0.25) is 0 Å². The minimum atomic E-state index is -0.369. The van der Waals surface area contributed by atoms with E-state index in [1.54, 1.807) is 25.1 Å². The number of esters is 1. The normalized spacial score (nSPS) is 14.8. The van der Waals surface area contributed by atoms with Gasteiger partial charge in [-0.05, 0) is 86.1 Å². The number of ether oxygens (including phenoxy) is 1. The molecule has 0 aliphatic carbocycles. The van der Waals surface area contributed by atoms with Gasteiger partial charge in [-0.15, -0.1) is 0 Å². The molecule has 0 atom stereocenters. The van der Waals surface area contributed by atoms with Gasteiger partial charge >= 0.3 is 5.97 Å². The number of thioether (sulfide) groups is 1. The molecule has 3 aromatic rings. The number of amides is 2. The maximum atomic E-state index is 13.0. The van der Waals surface area contributed by atoms with Crippen LogP contribution >= 0.6 is 27.7 Å². The molecule has 6 nitrogen and oxygen atoms in total. The lowest BCUT2D eigenvalue weighted by Crippen LogP contribution is -2.27. The van der Waals surface area contributed by atoms with E-state index in [9.17, 15) is 14.4 Å².